The molecule has 0 spiro atoms. The molecule has 0 aliphatic rings. The maximum Gasteiger partial charge on any atom is 0.351 e. The maximum atomic E-state index is 11.1. The fraction of sp³-hybridized carbons (Fsp3) is 0.769. The SMILES string of the molecule is C=CC(=O)OC(O)(COCCOCCO)OCCCC. The molecule has 0 bridgehead atoms. The zero-order chi connectivity index (χ0) is 15.3. The van der Waals surface area contributed by atoms with E-state index >= 15 is 0 Å². The average Bonchev–Trinajstić information content (AvgIpc) is 2.43. The van der Waals surface area contributed by atoms with Crippen molar-refractivity contribution in [1.82, 2.24) is 0 Å². The molecule has 0 aromatic rings. The van der Waals surface area contributed by atoms with Gasteiger partial charge in [-0.05, 0) is 6.42 Å². The summed E-state index contributed by atoms with van der Waals surface area (Å²) in [7, 11) is 0. The summed E-state index contributed by atoms with van der Waals surface area (Å²) in [4.78, 5) is 11.1. The Morgan fingerprint density at radius 2 is 1.95 bits per heavy atom. The van der Waals surface area contributed by atoms with Gasteiger partial charge in [0.25, 0.3) is 0 Å². The van der Waals surface area contributed by atoms with Crippen LogP contribution in [0.1, 0.15) is 19.8 Å². The highest BCUT2D eigenvalue weighted by molar-refractivity contribution is 5.81. The predicted octanol–water partition coefficient (Wildman–Crippen LogP) is 0.204. The van der Waals surface area contributed by atoms with Crippen LogP contribution >= 0.6 is 0 Å². The van der Waals surface area contributed by atoms with Gasteiger partial charge in [0.2, 0.25) is 0 Å². The summed E-state index contributed by atoms with van der Waals surface area (Å²) in [6.07, 6.45) is 2.52. The van der Waals surface area contributed by atoms with Crippen molar-refractivity contribution in [2.75, 3.05) is 39.6 Å². The molecule has 0 aliphatic carbocycles. The third kappa shape index (κ3) is 9.88. The predicted molar refractivity (Wildman–Crippen MR) is 70.8 cm³/mol. The smallest absolute Gasteiger partial charge is 0.351 e. The van der Waals surface area contributed by atoms with Crippen LogP contribution in [0.15, 0.2) is 12.7 Å². The number of hydrogen-bond acceptors (Lipinski definition) is 7. The molecule has 118 valence electrons. The van der Waals surface area contributed by atoms with Crippen molar-refractivity contribution in [3.05, 3.63) is 12.7 Å². The first-order chi connectivity index (χ1) is 9.58. The minimum Gasteiger partial charge on any atom is -0.403 e. The van der Waals surface area contributed by atoms with E-state index in [1.165, 1.54) is 0 Å². The lowest BCUT2D eigenvalue weighted by atomic mass is 10.4. The fourth-order valence-electron chi connectivity index (χ4n) is 1.16. The van der Waals surface area contributed by atoms with Gasteiger partial charge in [0.15, 0.2) is 0 Å². The number of ether oxygens (including phenoxy) is 4. The standard InChI is InChI=1S/C13H24O7/c1-3-5-7-19-13(16,20-12(15)4-2)11-18-10-9-17-8-6-14/h4,14,16H,2-3,5-11H2,1H3. The van der Waals surface area contributed by atoms with E-state index in [-0.39, 0.29) is 39.6 Å². The molecule has 2 N–H and O–H groups in total. The van der Waals surface area contributed by atoms with E-state index in [4.69, 9.17) is 24.1 Å². The van der Waals surface area contributed by atoms with Crippen molar-refractivity contribution in [2.45, 2.75) is 25.7 Å². The molecule has 0 aliphatic heterocycles. The van der Waals surface area contributed by atoms with E-state index in [0.717, 1.165) is 12.5 Å². The van der Waals surface area contributed by atoms with Gasteiger partial charge in [-0.1, -0.05) is 19.9 Å². The van der Waals surface area contributed by atoms with Gasteiger partial charge in [-0.3, -0.25) is 0 Å². The molecule has 0 saturated carbocycles. The summed E-state index contributed by atoms with van der Waals surface area (Å²) in [5.41, 5.74) is 0. The molecule has 0 fully saturated rings. The Morgan fingerprint density at radius 3 is 2.55 bits per heavy atom. The van der Waals surface area contributed by atoms with E-state index < -0.39 is 11.9 Å². The van der Waals surface area contributed by atoms with Crippen molar-refractivity contribution in [3.8, 4) is 0 Å². The third-order valence-electron chi connectivity index (χ3n) is 2.14. The summed E-state index contributed by atoms with van der Waals surface area (Å²) in [5, 5.41) is 18.5. The Bertz CT molecular complexity index is 269. The summed E-state index contributed by atoms with van der Waals surface area (Å²) in [6.45, 7) is 5.68. The second kappa shape index (κ2) is 11.8. The average molecular weight is 292 g/mol. The zero-order valence-electron chi connectivity index (χ0n) is 11.9. The Labute approximate surface area is 119 Å². The molecular formula is C13H24O7. The van der Waals surface area contributed by atoms with E-state index in [1.807, 2.05) is 6.92 Å². The largest absolute Gasteiger partial charge is 0.403 e. The van der Waals surface area contributed by atoms with Crippen LogP contribution < -0.4 is 0 Å². The van der Waals surface area contributed by atoms with Gasteiger partial charge in [-0.15, -0.1) is 0 Å². The van der Waals surface area contributed by atoms with Crippen molar-refractivity contribution >= 4 is 5.97 Å². The molecule has 0 heterocycles. The van der Waals surface area contributed by atoms with E-state index in [1.54, 1.807) is 0 Å². The Morgan fingerprint density at radius 1 is 1.25 bits per heavy atom. The number of rotatable bonds is 13. The van der Waals surface area contributed by atoms with E-state index in [9.17, 15) is 9.90 Å². The first-order valence-corrected chi connectivity index (χ1v) is 6.56. The first kappa shape index (κ1) is 19.0. The maximum absolute atomic E-state index is 11.1. The number of carbonyl (C=O) groups is 1. The molecule has 0 radical (unpaired) electrons. The molecule has 20 heavy (non-hydrogen) atoms. The summed E-state index contributed by atoms with van der Waals surface area (Å²) < 4.78 is 20.0. The highest BCUT2D eigenvalue weighted by Crippen LogP contribution is 2.12. The minimum atomic E-state index is -2.13. The Kier molecular flexibility index (Phi) is 11.2. The molecule has 7 nitrogen and oxygen atoms in total. The van der Waals surface area contributed by atoms with Gasteiger partial charge in [-0.25, -0.2) is 4.79 Å². The molecular weight excluding hydrogens is 268 g/mol. The van der Waals surface area contributed by atoms with Gasteiger partial charge >= 0.3 is 11.9 Å². The number of unbranched alkanes of at least 4 members (excludes halogenated alkanes) is 1. The molecule has 0 aromatic carbocycles. The van der Waals surface area contributed by atoms with Crippen LogP contribution in [0.2, 0.25) is 0 Å². The van der Waals surface area contributed by atoms with Crippen LogP contribution in [-0.4, -0.2) is 61.8 Å². The second-order valence-corrected chi connectivity index (χ2v) is 3.93. The highest BCUT2D eigenvalue weighted by atomic mass is 16.8. The zero-order valence-corrected chi connectivity index (χ0v) is 11.9. The van der Waals surface area contributed by atoms with Gasteiger partial charge in [0.05, 0.1) is 33.0 Å². The van der Waals surface area contributed by atoms with Gasteiger partial charge in [0.1, 0.15) is 6.61 Å². The highest BCUT2D eigenvalue weighted by Gasteiger charge is 2.32. The van der Waals surface area contributed by atoms with Crippen LogP contribution in [0.25, 0.3) is 0 Å². The van der Waals surface area contributed by atoms with Gasteiger partial charge in [0, 0.05) is 6.08 Å². The molecule has 7 heteroatoms. The molecule has 1 unspecified atom stereocenters. The number of aliphatic hydroxyl groups excluding tert-OH is 1. The number of carbonyl (C=O) groups excluding carboxylic acids is 1. The molecule has 0 saturated heterocycles. The Hall–Kier alpha value is -0.990. The van der Waals surface area contributed by atoms with Crippen LogP contribution in [-0.2, 0) is 23.7 Å². The molecule has 0 rings (SSSR count). The van der Waals surface area contributed by atoms with Crippen LogP contribution in [0, 0.1) is 0 Å². The summed E-state index contributed by atoms with van der Waals surface area (Å²) in [5.74, 6) is -2.93. The number of aliphatic hydroxyl groups is 2. The third-order valence-corrected chi connectivity index (χ3v) is 2.14. The van der Waals surface area contributed by atoms with Crippen molar-refractivity contribution < 1.29 is 34.0 Å². The normalized spacial score (nSPS) is 13.8. The lowest BCUT2D eigenvalue weighted by molar-refractivity contribution is -0.357. The fourth-order valence-corrected chi connectivity index (χ4v) is 1.16. The lowest BCUT2D eigenvalue weighted by Crippen LogP contribution is -2.43. The van der Waals surface area contributed by atoms with Crippen LogP contribution in [0.5, 0.6) is 0 Å². The monoisotopic (exact) mass is 292 g/mol. The lowest BCUT2D eigenvalue weighted by Gasteiger charge is -2.26. The van der Waals surface area contributed by atoms with Gasteiger partial charge < -0.3 is 29.2 Å². The Balaban J connectivity index is 4.08. The van der Waals surface area contributed by atoms with E-state index in [0.29, 0.717) is 6.42 Å². The summed E-state index contributed by atoms with van der Waals surface area (Å²) in [6, 6.07) is 0. The van der Waals surface area contributed by atoms with Crippen LogP contribution in [0.3, 0.4) is 0 Å². The number of esters is 1. The van der Waals surface area contributed by atoms with Crippen molar-refractivity contribution in [1.29, 1.82) is 0 Å². The van der Waals surface area contributed by atoms with Crippen LogP contribution in [0.4, 0.5) is 0 Å². The van der Waals surface area contributed by atoms with Crippen molar-refractivity contribution in [3.63, 3.8) is 0 Å². The number of hydrogen-bond donors (Lipinski definition) is 2. The minimum absolute atomic E-state index is 0.0684. The molecule has 0 aromatic heterocycles. The summed E-state index contributed by atoms with van der Waals surface area (Å²) >= 11 is 0. The van der Waals surface area contributed by atoms with Crippen molar-refractivity contribution in [2.24, 2.45) is 0 Å². The quantitative estimate of drug-likeness (QED) is 0.217. The topological polar surface area (TPSA) is 94.5 Å². The van der Waals surface area contributed by atoms with Gasteiger partial charge in [-0.2, -0.15) is 0 Å². The molecule has 1 atom stereocenters. The second-order valence-electron chi connectivity index (χ2n) is 3.93. The van der Waals surface area contributed by atoms with E-state index in [2.05, 4.69) is 6.58 Å². The molecule has 0 amide bonds. The first-order valence-electron chi connectivity index (χ1n) is 6.56.